The van der Waals surface area contributed by atoms with Crippen LogP contribution in [0, 0.1) is 5.92 Å². The van der Waals surface area contributed by atoms with Gasteiger partial charge < -0.3 is 24.9 Å². The third-order valence-electron chi connectivity index (χ3n) is 6.81. The van der Waals surface area contributed by atoms with E-state index in [9.17, 15) is 24.0 Å². The Labute approximate surface area is 251 Å². The molecular formula is C24H32BN7O8S2. The topological polar surface area (TPSA) is 200 Å². The molecule has 1 unspecified atom stereocenters. The van der Waals surface area contributed by atoms with Gasteiger partial charge in [0.05, 0.1) is 30.4 Å². The number of thioether (sulfide) groups is 1. The van der Waals surface area contributed by atoms with Crippen LogP contribution in [0.15, 0.2) is 10.5 Å². The fourth-order valence-electron chi connectivity index (χ4n) is 4.81. The van der Waals surface area contributed by atoms with Gasteiger partial charge in [0.25, 0.3) is 0 Å². The molecule has 4 heterocycles. The van der Waals surface area contributed by atoms with Gasteiger partial charge in [-0.05, 0) is 41.5 Å². The zero-order chi connectivity index (χ0) is 31.4. The van der Waals surface area contributed by atoms with E-state index in [4.69, 9.17) is 29.2 Å². The predicted molar refractivity (Wildman–Crippen MR) is 152 cm³/mol. The number of ketones is 1. The Morgan fingerprint density at radius 3 is 2.43 bits per heavy atom. The van der Waals surface area contributed by atoms with Crippen molar-refractivity contribution < 1.29 is 38.2 Å². The molecule has 3 saturated heterocycles. The molecule has 0 aromatic carbocycles. The van der Waals surface area contributed by atoms with E-state index in [1.165, 1.54) is 29.0 Å². The molecule has 4 rings (SSSR count). The number of ether oxygens (including phenoxy) is 1. The number of thiazole rings is 1. The Bertz CT molecular complexity index is 1350. The van der Waals surface area contributed by atoms with Gasteiger partial charge in [-0.3, -0.25) is 24.3 Å². The average molecular weight is 622 g/mol. The summed E-state index contributed by atoms with van der Waals surface area (Å²) in [5.74, 6) is 2.25. The molecule has 0 bridgehead atoms. The quantitative estimate of drug-likeness (QED) is 0.0732. The lowest BCUT2D eigenvalue weighted by molar-refractivity contribution is -0.179. The maximum Gasteiger partial charge on any atom is 0.378 e. The molecule has 3 aliphatic heterocycles. The summed E-state index contributed by atoms with van der Waals surface area (Å²) in [6, 6.07) is -1.11. The van der Waals surface area contributed by atoms with Crippen LogP contribution in [-0.2, 0) is 33.4 Å². The zero-order valence-electron chi connectivity index (χ0n) is 24.0. The van der Waals surface area contributed by atoms with Crippen molar-refractivity contribution in [3.05, 3.63) is 11.1 Å². The number of hydrogen-bond acceptors (Lipinski definition) is 14. The van der Waals surface area contributed by atoms with Gasteiger partial charge in [-0.15, -0.1) is 11.3 Å². The average Bonchev–Trinajstić information content (AvgIpc) is 3.55. The normalized spacial score (nSPS) is 26.2. The summed E-state index contributed by atoms with van der Waals surface area (Å²) < 4.78 is 9.94. The third-order valence-corrected chi connectivity index (χ3v) is 9.19. The first-order valence-corrected chi connectivity index (χ1v) is 14.7. The van der Waals surface area contributed by atoms with Crippen LogP contribution >= 0.6 is 23.1 Å². The molecule has 2 radical (unpaired) electrons. The van der Waals surface area contributed by atoms with Crippen molar-refractivity contribution in [1.29, 1.82) is 0 Å². The maximum atomic E-state index is 13.6. The number of carbonyl (C=O) groups excluding carboxylic acids is 5. The standard InChI is InChI=1S/C24H32BN7O8S2/c1-11-8-31(27)21(37)32(11)24(19(36)39-25)10-30-16(34)12(17(30)42-24)7-14(33)15(13-9-41-20(26)28-13)29-40-23(5,6)18(35)38-22(2,3)4/h9,11-12,17H,7-8,10,27H2,1-6H3,(H2,26,28)/b29-15-/t11-,12?,17+,24+/m0/s1. The van der Waals surface area contributed by atoms with Crippen LogP contribution in [0.25, 0.3) is 0 Å². The Hall–Kier alpha value is -3.38. The summed E-state index contributed by atoms with van der Waals surface area (Å²) in [7, 11) is 5.24. The number of nitrogen functional groups attached to an aromatic ring is 1. The molecule has 0 aliphatic carbocycles. The number of carbonyl (C=O) groups is 5. The minimum Gasteiger partial charge on any atom is -0.541 e. The number of nitrogens with zero attached hydrogens (tertiary/aromatic N) is 5. The number of hydrogen-bond donors (Lipinski definition) is 2. The van der Waals surface area contributed by atoms with E-state index in [1.54, 1.807) is 27.7 Å². The van der Waals surface area contributed by atoms with Crippen molar-refractivity contribution in [3.8, 4) is 0 Å². The van der Waals surface area contributed by atoms with Crippen LogP contribution in [0.2, 0.25) is 0 Å². The highest BCUT2D eigenvalue weighted by atomic mass is 32.2. The zero-order valence-corrected chi connectivity index (χ0v) is 25.6. The molecule has 4 N–H and O–H groups in total. The van der Waals surface area contributed by atoms with Crippen LogP contribution in [0.1, 0.15) is 53.7 Å². The molecule has 0 saturated carbocycles. The SMILES string of the molecule is [B]OC(=O)[C@@]1(N2C(=O)N(N)C[C@@H]2C)CN2C(=O)C(CC(=O)/C(=N\OC(C)(C)C(=O)OC(C)(C)C)c3csc(N)n3)[C@H]2S1. The van der Waals surface area contributed by atoms with Gasteiger partial charge >= 0.3 is 26.0 Å². The van der Waals surface area contributed by atoms with E-state index in [2.05, 4.69) is 14.8 Å². The lowest BCUT2D eigenvalue weighted by Crippen LogP contribution is -2.61. The minimum atomic E-state index is -1.65. The predicted octanol–water partition coefficient (Wildman–Crippen LogP) is 0.380. The van der Waals surface area contributed by atoms with Crippen LogP contribution in [0.3, 0.4) is 0 Å². The molecular weight excluding hydrogens is 589 g/mol. The van der Waals surface area contributed by atoms with Crippen molar-refractivity contribution in [1.82, 2.24) is 19.8 Å². The summed E-state index contributed by atoms with van der Waals surface area (Å²) in [6.45, 7) is 9.63. The fraction of sp³-hybridized carbons (Fsp3) is 0.625. The highest BCUT2D eigenvalue weighted by Crippen LogP contribution is 2.53. The number of hydrazine groups is 1. The monoisotopic (exact) mass is 621 g/mol. The number of nitrogens with two attached hydrogens (primary N) is 2. The number of aromatic nitrogens is 1. The van der Waals surface area contributed by atoms with Crippen LogP contribution in [-0.4, -0.2) is 104 Å². The van der Waals surface area contributed by atoms with E-state index in [0.29, 0.717) is 0 Å². The highest BCUT2D eigenvalue weighted by molar-refractivity contribution is 8.02. The number of anilines is 1. The summed E-state index contributed by atoms with van der Waals surface area (Å²) >= 11 is 2.06. The Morgan fingerprint density at radius 1 is 1.24 bits per heavy atom. The summed E-state index contributed by atoms with van der Waals surface area (Å²) in [5, 5.41) is 5.94. The smallest absolute Gasteiger partial charge is 0.378 e. The van der Waals surface area contributed by atoms with E-state index in [0.717, 1.165) is 28.1 Å². The van der Waals surface area contributed by atoms with Crippen molar-refractivity contribution in [3.63, 3.8) is 0 Å². The largest absolute Gasteiger partial charge is 0.541 e. The molecule has 0 spiro atoms. The van der Waals surface area contributed by atoms with Gasteiger partial charge in [-0.2, -0.15) is 0 Å². The first-order valence-electron chi connectivity index (χ1n) is 12.9. The van der Waals surface area contributed by atoms with Crippen LogP contribution in [0.5, 0.6) is 0 Å². The van der Waals surface area contributed by atoms with Crippen molar-refractivity contribution >= 4 is 71.7 Å². The first-order chi connectivity index (χ1) is 19.4. The maximum absolute atomic E-state index is 13.6. The van der Waals surface area contributed by atoms with Gasteiger partial charge in [0.15, 0.2) is 16.6 Å². The van der Waals surface area contributed by atoms with Gasteiger partial charge in [0.1, 0.15) is 11.3 Å². The second-order valence-corrected chi connectivity index (χ2v) is 14.0. The number of esters is 1. The molecule has 3 amide bonds. The molecule has 3 aliphatic rings. The number of fused-ring (bicyclic) bond motifs is 1. The molecule has 18 heteroatoms. The van der Waals surface area contributed by atoms with Gasteiger partial charge in [0, 0.05) is 11.8 Å². The van der Waals surface area contributed by atoms with E-state index >= 15 is 0 Å². The summed E-state index contributed by atoms with van der Waals surface area (Å²) in [4.78, 5) is 75.9. The van der Waals surface area contributed by atoms with E-state index < -0.39 is 63.1 Å². The highest BCUT2D eigenvalue weighted by Gasteiger charge is 2.67. The Morgan fingerprint density at radius 2 is 1.90 bits per heavy atom. The van der Waals surface area contributed by atoms with E-state index in [-0.39, 0.29) is 36.0 Å². The number of β-lactam (4-membered cyclic amide) rings is 1. The Balaban J connectivity index is 1.57. The Kier molecular flexibility index (Phi) is 8.29. The number of Topliss-reactive ketones (excluding diaryl/α,β-unsaturated/α-hetero) is 1. The molecule has 42 heavy (non-hydrogen) atoms. The van der Waals surface area contributed by atoms with Crippen molar-refractivity contribution in [2.45, 2.75) is 75.5 Å². The molecule has 226 valence electrons. The first kappa shape index (κ1) is 31.6. The second kappa shape index (κ2) is 11.0. The summed E-state index contributed by atoms with van der Waals surface area (Å²) in [5.41, 5.74) is 3.28. The second-order valence-electron chi connectivity index (χ2n) is 11.7. The van der Waals surface area contributed by atoms with Crippen molar-refractivity contribution in [2.24, 2.45) is 16.9 Å². The van der Waals surface area contributed by atoms with Gasteiger partial charge in [-0.1, -0.05) is 16.9 Å². The lowest BCUT2D eigenvalue weighted by Gasteiger charge is -2.40. The number of amides is 3. The van der Waals surface area contributed by atoms with Crippen molar-refractivity contribution in [2.75, 3.05) is 18.8 Å². The number of urea groups is 1. The summed E-state index contributed by atoms with van der Waals surface area (Å²) in [6.07, 6.45) is -0.334. The van der Waals surface area contributed by atoms with Gasteiger partial charge in [-0.25, -0.2) is 20.4 Å². The number of oxime groups is 1. The molecule has 4 atom stereocenters. The molecule has 1 aromatic heterocycles. The number of rotatable bonds is 9. The van der Waals surface area contributed by atoms with Gasteiger partial charge in [0.2, 0.25) is 16.4 Å². The third kappa shape index (κ3) is 5.66. The fourth-order valence-corrected chi connectivity index (χ4v) is 7.17. The lowest BCUT2D eigenvalue weighted by atomic mass is 9.90. The molecule has 1 aromatic rings. The molecule has 3 fully saturated rings. The van der Waals surface area contributed by atoms with Crippen LogP contribution < -0.4 is 11.6 Å². The minimum absolute atomic E-state index is 0.103. The van der Waals surface area contributed by atoms with Crippen LogP contribution in [0.4, 0.5) is 9.93 Å². The molecule has 15 nitrogen and oxygen atoms in total. The van der Waals surface area contributed by atoms with E-state index in [1.807, 2.05) is 0 Å².